The van der Waals surface area contributed by atoms with Crippen molar-refractivity contribution in [3.8, 4) is 0 Å². The van der Waals surface area contributed by atoms with Crippen molar-refractivity contribution in [3.05, 3.63) is 11.9 Å². The summed E-state index contributed by atoms with van der Waals surface area (Å²) in [6.07, 6.45) is 4.61. The number of nitrogens with two attached hydrogens (primary N) is 1. The lowest BCUT2D eigenvalue weighted by Crippen LogP contribution is -2.42. The van der Waals surface area contributed by atoms with Gasteiger partial charge < -0.3 is 5.73 Å². The molecule has 0 aliphatic carbocycles. The fourth-order valence-corrected chi connectivity index (χ4v) is 2.46. The Morgan fingerprint density at radius 3 is 2.88 bits per heavy atom. The fraction of sp³-hybridized carbons (Fsp3) is 0.833. The number of hydrogen-bond donors (Lipinski definition) is 1. The van der Waals surface area contributed by atoms with Gasteiger partial charge in [-0.1, -0.05) is 12.1 Å². The van der Waals surface area contributed by atoms with Crippen LogP contribution in [-0.4, -0.2) is 39.0 Å². The van der Waals surface area contributed by atoms with Crippen molar-refractivity contribution in [2.45, 2.75) is 45.8 Å². The summed E-state index contributed by atoms with van der Waals surface area (Å²) >= 11 is 0. The zero-order valence-electron chi connectivity index (χ0n) is 10.8. The van der Waals surface area contributed by atoms with Crippen molar-refractivity contribution >= 4 is 0 Å². The van der Waals surface area contributed by atoms with Gasteiger partial charge in [0.2, 0.25) is 0 Å². The van der Waals surface area contributed by atoms with Gasteiger partial charge in [-0.2, -0.15) is 0 Å². The molecule has 0 spiro atoms. The number of likely N-dealkylation sites (tertiary alicyclic amines) is 1. The van der Waals surface area contributed by atoms with Crippen molar-refractivity contribution in [2.75, 3.05) is 13.1 Å². The first kappa shape index (κ1) is 12.5. The minimum absolute atomic E-state index is 0.469. The summed E-state index contributed by atoms with van der Waals surface area (Å²) in [5.74, 6) is 0.821. The van der Waals surface area contributed by atoms with Gasteiger partial charge in [0.05, 0.1) is 12.2 Å². The Balaban J connectivity index is 1.84. The number of nitrogens with zero attached hydrogens (tertiary/aromatic N) is 4. The Kier molecular flexibility index (Phi) is 4.12. The summed E-state index contributed by atoms with van der Waals surface area (Å²) in [4.78, 5) is 2.55. The highest BCUT2D eigenvalue weighted by molar-refractivity contribution is 4.90. The smallest absolute Gasteiger partial charge is 0.0962 e. The van der Waals surface area contributed by atoms with E-state index in [0.717, 1.165) is 24.7 Å². The molecule has 0 bridgehead atoms. The summed E-state index contributed by atoms with van der Waals surface area (Å²) < 4.78 is 1.90. The van der Waals surface area contributed by atoms with Crippen LogP contribution in [-0.2, 0) is 13.1 Å². The molecule has 2 N–H and O–H groups in total. The first-order valence-corrected chi connectivity index (χ1v) is 6.52. The van der Waals surface area contributed by atoms with Gasteiger partial charge in [0.25, 0.3) is 0 Å². The third-order valence-electron chi connectivity index (χ3n) is 3.66. The van der Waals surface area contributed by atoms with E-state index in [1.54, 1.807) is 0 Å². The number of rotatable bonds is 4. The minimum Gasteiger partial charge on any atom is -0.325 e. The second-order valence-corrected chi connectivity index (χ2v) is 5.20. The summed E-state index contributed by atoms with van der Waals surface area (Å²) in [5.41, 5.74) is 6.38. The second kappa shape index (κ2) is 5.60. The number of hydrogen-bond acceptors (Lipinski definition) is 4. The van der Waals surface area contributed by atoms with Crippen LogP contribution in [0.1, 0.15) is 32.4 Å². The van der Waals surface area contributed by atoms with E-state index in [0.29, 0.717) is 12.6 Å². The van der Waals surface area contributed by atoms with Crippen LogP contribution in [0.25, 0.3) is 0 Å². The lowest BCUT2D eigenvalue weighted by molar-refractivity contribution is 0.119. The minimum atomic E-state index is 0.469. The van der Waals surface area contributed by atoms with E-state index in [4.69, 9.17) is 5.73 Å². The molecule has 2 atom stereocenters. The van der Waals surface area contributed by atoms with E-state index >= 15 is 0 Å². The molecule has 5 nitrogen and oxygen atoms in total. The summed E-state index contributed by atoms with van der Waals surface area (Å²) in [7, 11) is 0. The highest BCUT2D eigenvalue weighted by Crippen LogP contribution is 2.20. The van der Waals surface area contributed by atoms with Gasteiger partial charge in [-0.3, -0.25) is 9.58 Å². The van der Waals surface area contributed by atoms with Crippen LogP contribution < -0.4 is 5.73 Å². The monoisotopic (exact) mass is 237 g/mol. The maximum Gasteiger partial charge on any atom is 0.0962 e. The lowest BCUT2D eigenvalue weighted by Gasteiger charge is -2.36. The fourth-order valence-electron chi connectivity index (χ4n) is 2.46. The standard InChI is InChI=1S/C12H23N5/c1-10-3-4-11(2)16(8-10)5-6-17-9-12(7-13)14-15-17/h9-11H,3-8,13H2,1-2H3. The van der Waals surface area contributed by atoms with Crippen molar-refractivity contribution in [3.63, 3.8) is 0 Å². The topological polar surface area (TPSA) is 60.0 Å². The van der Waals surface area contributed by atoms with Gasteiger partial charge in [-0.15, -0.1) is 5.10 Å². The van der Waals surface area contributed by atoms with E-state index in [9.17, 15) is 0 Å². The predicted octanol–water partition coefficient (Wildman–Crippen LogP) is 0.857. The molecule has 2 heterocycles. The largest absolute Gasteiger partial charge is 0.325 e. The molecule has 2 rings (SSSR count). The van der Waals surface area contributed by atoms with Gasteiger partial charge in [0, 0.05) is 31.9 Å². The molecule has 1 aliphatic rings. The Bertz CT molecular complexity index is 348. The van der Waals surface area contributed by atoms with Crippen LogP contribution in [0.5, 0.6) is 0 Å². The highest BCUT2D eigenvalue weighted by atomic mass is 15.4. The van der Waals surface area contributed by atoms with Crippen LogP contribution in [0.15, 0.2) is 6.20 Å². The molecular weight excluding hydrogens is 214 g/mol. The van der Waals surface area contributed by atoms with E-state index in [2.05, 4.69) is 29.1 Å². The first-order chi connectivity index (χ1) is 8.19. The second-order valence-electron chi connectivity index (χ2n) is 5.20. The van der Waals surface area contributed by atoms with Crippen molar-refractivity contribution in [1.29, 1.82) is 0 Å². The molecule has 1 fully saturated rings. The van der Waals surface area contributed by atoms with Crippen molar-refractivity contribution in [1.82, 2.24) is 19.9 Å². The molecule has 0 saturated carbocycles. The normalized spacial score (nSPS) is 26.3. The van der Waals surface area contributed by atoms with Crippen molar-refractivity contribution < 1.29 is 0 Å². The predicted molar refractivity (Wildman–Crippen MR) is 67.3 cm³/mol. The van der Waals surface area contributed by atoms with Gasteiger partial charge in [0.15, 0.2) is 0 Å². The molecule has 17 heavy (non-hydrogen) atoms. The molecule has 0 aromatic carbocycles. The molecule has 1 saturated heterocycles. The molecule has 1 aromatic heterocycles. The van der Waals surface area contributed by atoms with Crippen LogP contribution in [0, 0.1) is 5.92 Å². The summed E-state index contributed by atoms with van der Waals surface area (Å²) in [6.45, 7) is 8.29. The zero-order chi connectivity index (χ0) is 12.3. The van der Waals surface area contributed by atoms with E-state index in [1.165, 1.54) is 19.4 Å². The van der Waals surface area contributed by atoms with Gasteiger partial charge in [0.1, 0.15) is 0 Å². The Morgan fingerprint density at radius 1 is 1.35 bits per heavy atom. The van der Waals surface area contributed by atoms with E-state index in [1.807, 2.05) is 10.9 Å². The SMILES string of the molecule is CC1CCC(C)N(CCn2cc(CN)nn2)C1. The molecule has 1 aromatic rings. The number of aromatic nitrogens is 3. The van der Waals surface area contributed by atoms with Crippen LogP contribution >= 0.6 is 0 Å². The molecule has 0 amide bonds. The number of piperidine rings is 1. The molecule has 1 aliphatic heterocycles. The maximum absolute atomic E-state index is 5.52. The first-order valence-electron chi connectivity index (χ1n) is 6.52. The van der Waals surface area contributed by atoms with Crippen LogP contribution in [0.2, 0.25) is 0 Å². The molecule has 2 unspecified atom stereocenters. The Morgan fingerprint density at radius 2 is 2.18 bits per heavy atom. The average molecular weight is 237 g/mol. The highest BCUT2D eigenvalue weighted by Gasteiger charge is 2.22. The zero-order valence-corrected chi connectivity index (χ0v) is 10.8. The molecule has 96 valence electrons. The molecular formula is C12H23N5. The van der Waals surface area contributed by atoms with Gasteiger partial charge in [-0.25, -0.2) is 0 Å². The van der Waals surface area contributed by atoms with E-state index < -0.39 is 0 Å². The molecule has 0 radical (unpaired) electrons. The summed E-state index contributed by atoms with van der Waals surface area (Å²) in [6, 6.07) is 0.698. The van der Waals surface area contributed by atoms with Gasteiger partial charge >= 0.3 is 0 Å². The van der Waals surface area contributed by atoms with Gasteiger partial charge in [-0.05, 0) is 25.7 Å². The summed E-state index contributed by atoms with van der Waals surface area (Å²) in [5, 5.41) is 8.08. The third-order valence-corrected chi connectivity index (χ3v) is 3.66. The maximum atomic E-state index is 5.52. The Hall–Kier alpha value is -0.940. The third kappa shape index (κ3) is 3.26. The average Bonchev–Trinajstić information content (AvgIpc) is 2.78. The van der Waals surface area contributed by atoms with Crippen LogP contribution in [0.4, 0.5) is 0 Å². The van der Waals surface area contributed by atoms with E-state index in [-0.39, 0.29) is 0 Å². The molecule has 5 heteroatoms. The lowest BCUT2D eigenvalue weighted by atomic mass is 9.95. The van der Waals surface area contributed by atoms with Crippen LogP contribution in [0.3, 0.4) is 0 Å². The van der Waals surface area contributed by atoms with Crippen molar-refractivity contribution in [2.24, 2.45) is 11.7 Å². The Labute approximate surface area is 103 Å². The quantitative estimate of drug-likeness (QED) is 0.843.